The van der Waals surface area contributed by atoms with Crippen LogP contribution in [0.25, 0.3) is 22.3 Å². The number of benzene rings is 1. The summed E-state index contributed by atoms with van der Waals surface area (Å²) in [5, 5.41) is 1.05. The number of rotatable bonds is 4. The molecule has 7 nitrogen and oxygen atoms in total. The molecule has 0 fully saturated rings. The lowest BCUT2D eigenvalue weighted by Gasteiger charge is -2.10. The number of H-pyrrole nitrogens is 1. The molecule has 0 aliphatic heterocycles. The van der Waals surface area contributed by atoms with Gasteiger partial charge in [-0.3, -0.25) is 0 Å². The van der Waals surface area contributed by atoms with Crippen LogP contribution in [0.5, 0.6) is 0 Å². The van der Waals surface area contributed by atoms with Crippen molar-refractivity contribution in [3.8, 4) is 11.3 Å². The van der Waals surface area contributed by atoms with E-state index in [1.54, 1.807) is 30.5 Å². The number of nitrogens with one attached hydrogen (secondary N) is 1. The van der Waals surface area contributed by atoms with Crippen LogP contribution in [0, 0.1) is 6.92 Å². The molecule has 0 saturated carbocycles. The summed E-state index contributed by atoms with van der Waals surface area (Å²) in [6.45, 7) is 2.00. The van der Waals surface area contributed by atoms with Gasteiger partial charge in [-0.15, -0.1) is 0 Å². The summed E-state index contributed by atoms with van der Waals surface area (Å²) in [7, 11) is -3.26. The van der Waals surface area contributed by atoms with E-state index in [2.05, 4.69) is 26.0 Å². The van der Waals surface area contributed by atoms with Crippen LogP contribution in [0.15, 0.2) is 53.8 Å². The number of hydrogen-bond acceptors (Lipinski definition) is 6. The first-order chi connectivity index (χ1) is 13.3. The second-order valence-electron chi connectivity index (χ2n) is 6.80. The van der Waals surface area contributed by atoms with Gasteiger partial charge in [0, 0.05) is 47.8 Å². The highest BCUT2D eigenvalue weighted by Gasteiger charge is 2.14. The molecule has 0 unspecified atom stereocenters. The minimum Gasteiger partial charge on any atom is -0.368 e. The number of anilines is 1. The van der Waals surface area contributed by atoms with Crippen molar-refractivity contribution in [2.75, 3.05) is 12.0 Å². The molecule has 0 radical (unpaired) electrons. The molecule has 0 aliphatic rings. The second-order valence-corrected chi connectivity index (χ2v) is 8.81. The summed E-state index contributed by atoms with van der Waals surface area (Å²) in [5.74, 6) is 0.169. The molecule has 4 rings (SSSR count). The molecule has 0 amide bonds. The molecule has 8 heteroatoms. The molecule has 0 saturated heterocycles. The third-order valence-corrected chi connectivity index (χ3v) is 5.70. The van der Waals surface area contributed by atoms with E-state index >= 15 is 0 Å². The highest BCUT2D eigenvalue weighted by Crippen LogP contribution is 2.27. The lowest BCUT2D eigenvalue weighted by atomic mass is 10.0. The van der Waals surface area contributed by atoms with Crippen molar-refractivity contribution in [1.29, 1.82) is 0 Å². The number of pyridine rings is 1. The fraction of sp³-hybridized carbons (Fsp3) is 0.150. The Bertz CT molecular complexity index is 1280. The molecule has 28 heavy (non-hydrogen) atoms. The molecule has 4 aromatic rings. The largest absolute Gasteiger partial charge is 0.368 e. The Morgan fingerprint density at radius 3 is 2.54 bits per heavy atom. The van der Waals surface area contributed by atoms with Gasteiger partial charge in [-0.1, -0.05) is 12.1 Å². The van der Waals surface area contributed by atoms with E-state index in [-0.39, 0.29) is 10.8 Å². The molecule has 0 bridgehead atoms. The molecular weight excluding hydrogens is 374 g/mol. The Labute approximate surface area is 162 Å². The van der Waals surface area contributed by atoms with Gasteiger partial charge in [-0.25, -0.2) is 23.4 Å². The molecular formula is C20H19N5O2S. The Hall–Kier alpha value is -3.26. The number of nitrogens with zero attached hydrogens (tertiary/aromatic N) is 3. The number of nitrogen functional groups attached to an aromatic ring is 1. The van der Waals surface area contributed by atoms with Crippen molar-refractivity contribution < 1.29 is 8.42 Å². The third-order valence-electron chi connectivity index (χ3n) is 4.57. The first-order valence-corrected chi connectivity index (χ1v) is 10.5. The van der Waals surface area contributed by atoms with E-state index in [0.717, 1.165) is 33.3 Å². The number of aromatic nitrogens is 4. The Kier molecular flexibility index (Phi) is 4.35. The number of aryl methyl sites for hydroxylation is 1. The van der Waals surface area contributed by atoms with Gasteiger partial charge in [0.2, 0.25) is 5.95 Å². The van der Waals surface area contributed by atoms with Crippen LogP contribution in [0.2, 0.25) is 0 Å². The molecule has 142 valence electrons. The molecule has 0 spiro atoms. The molecule has 0 atom stereocenters. The fourth-order valence-electron chi connectivity index (χ4n) is 3.17. The Balaban J connectivity index is 1.77. The third kappa shape index (κ3) is 3.46. The van der Waals surface area contributed by atoms with E-state index in [1.807, 2.05) is 19.3 Å². The number of aromatic amines is 1. The van der Waals surface area contributed by atoms with Crippen LogP contribution < -0.4 is 5.73 Å². The van der Waals surface area contributed by atoms with Gasteiger partial charge in [-0.2, -0.15) is 0 Å². The average Bonchev–Trinajstić information content (AvgIpc) is 3.04. The monoisotopic (exact) mass is 393 g/mol. The average molecular weight is 393 g/mol. The molecule has 0 aliphatic carbocycles. The number of hydrogen-bond donors (Lipinski definition) is 2. The predicted molar refractivity (Wildman–Crippen MR) is 109 cm³/mol. The van der Waals surface area contributed by atoms with Crippen LogP contribution in [0.1, 0.15) is 16.7 Å². The van der Waals surface area contributed by atoms with Crippen LogP contribution >= 0.6 is 0 Å². The van der Waals surface area contributed by atoms with Gasteiger partial charge < -0.3 is 10.7 Å². The van der Waals surface area contributed by atoms with E-state index < -0.39 is 9.84 Å². The van der Waals surface area contributed by atoms with Crippen LogP contribution in [0.3, 0.4) is 0 Å². The highest BCUT2D eigenvalue weighted by atomic mass is 32.2. The zero-order valence-electron chi connectivity index (χ0n) is 15.5. The topological polar surface area (TPSA) is 115 Å². The van der Waals surface area contributed by atoms with Gasteiger partial charge in [0.15, 0.2) is 9.84 Å². The van der Waals surface area contributed by atoms with Gasteiger partial charge in [0.05, 0.1) is 10.6 Å². The normalized spacial score (nSPS) is 11.8. The van der Waals surface area contributed by atoms with Gasteiger partial charge >= 0.3 is 0 Å². The molecule has 3 heterocycles. The fourth-order valence-corrected chi connectivity index (χ4v) is 3.80. The van der Waals surface area contributed by atoms with E-state index in [0.29, 0.717) is 12.1 Å². The standard InChI is InChI=1S/C20H19N5O2S/c1-12-7-17-14(10-23-19(17)22-9-12)8-15-11-24-20(21)25-18(15)13-3-5-16(6-4-13)28(2,26)27/h3-7,9-11H,8H2,1-2H3,(H,22,23)(H2,21,24,25). The number of fused-ring (bicyclic) bond motifs is 1. The van der Waals surface area contributed by atoms with Crippen molar-refractivity contribution >= 4 is 26.8 Å². The second kappa shape index (κ2) is 6.72. The maximum absolute atomic E-state index is 11.7. The molecule has 3 aromatic heterocycles. The van der Waals surface area contributed by atoms with Gasteiger partial charge in [0.25, 0.3) is 0 Å². The first-order valence-electron chi connectivity index (χ1n) is 8.66. The quantitative estimate of drug-likeness (QED) is 0.551. The van der Waals surface area contributed by atoms with Crippen LogP contribution in [-0.2, 0) is 16.3 Å². The maximum atomic E-state index is 11.7. The SMILES string of the molecule is Cc1cnc2[nH]cc(Cc3cnc(N)nc3-c3ccc(S(C)(=O)=O)cc3)c2c1. The smallest absolute Gasteiger partial charge is 0.220 e. The van der Waals surface area contributed by atoms with Gasteiger partial charge in [-0.05, 0) is 36.2 Å². The van der Waals surface area contributed by atoms with Gasteiger partial charge in [0.1, 0.15) is 5.65 Å². The number of sulfone groups is 1. The zero-order valence-corrected chi connectivity index (χ0v) is 16.3. The Morgan fingerprint density at radius 2 is 1.82 bits per heavy atom. The minimum absolute atomic E-state index is 0.169. The summed E-state index contributed by atoms with van der Waals surface area (Å²) >= 11 is 0. The summed E-state index contributed by atoms with van der Waals surface area (Å²) in [6.07, 6.45) is 7.25. The lowest BCUT2D eigenvalue weighted by molar-refractivity contribution is 0.602. The van der Waals surface area contributed by atoms with Crippen molar-refractivity contribution in [2.45, 2.75) is 18.2 Å². The summed E-state index contributed by atoms with van der Waals surface area (Å²) < 4.78 is 23.4. The van der Waals surface area contributed by atoms with Crippen molar-refractivity contribution in [3.63, 3.8) is 0 Å². The van der Waals surface area contributed by atoms with E-state index in [1.165, 1.54) is 6.26 Å². The van der Waals surface area contributed by atoms with E-state index in [9.17, 15) is 8.42 Å². The minimum atomic E-state index is -3.26. The maximum Gasteiger partial charge on any atom is 0.220 e. The summed E-state index contributed by atoms with van der Waals surface area (Å²) in [5.41, 5.74) is 11.2. The zero-order chi connectivity index (χ0) is 19.9. The van der Waals surface area contributed by atoms with Crippen molar-refractivity contribution in [2.24, 2.45) is 0 Å². The molecule has 1 aromatic carbocycles. The molecule has 3 N–H and O–H groups in total. The summed E-state index contributed by atoms with van der Waals surface area (Å²) in [4.78, 5) is 16.4. The lowest BCUT2D eigenvalue weighted by Crippen LogP contribution is -2.02. The number of nitrogens with two attached hydrogens (primary N) is 1. The summed E-state index contributed by atoms with van der Waals surface area (Å²) in [6, 6.07) is 8.72. The first kappa shape index (κ1) is 18.1. The van der Waals surface area contributed by atoms with Crippen LogP contribution in [0.4, 0.5) is 5.95 Å². The van der Waals surface area contributed by atoms with E-state index in [4.69, 9.17) is 5.73 Å². The van der Waals surface area contributed by atoms with Crippen molar-refractivity contribution in [1.82, 2.24) is 19.9 Å². The highest BCUT2D eigenvalue weighted by molar-refractivity contribution is 7.90. The Morgan fingerprint density at radius 1 is 1.07 bits per heavy atom. The predicted octanol–water partition coefficient (Wildman–Crippen LogP) is 2.90. The van der Waals surface area contributed by atoms with Crippen LogP contribution in [-0.4, -0.2) is 34.6 Å². The van der Waals surface area contributed by atoms with Crippen molar-refractivity contribution in [3.05, 3.63) is 65.6 Å².